The van der Waals surface area contributed by atoms with E-state index >= 15 is 0 Å². The maximum absolute atomic E-state index is 14.2. The monoisotopic (exact) mass is 468 g/mol. The molecule has 1 spiro atoms. The third-order valence-corrected chi connectivity index (χ3v) is 6.39. The number of benzene rings is 1. The number of ketones is 1. The molecule has 3 atom stereocenters. The molecule has 8 nitrogen and oxygen atoms in total. The molecule has 0 unspecified atom stereocenters. The van der Waals surface area contributed by atoms with E-state index in [1.54, 1.807) is 12.3 Å². The summed E-state index contributed by atoms with van der Waals surface area (Å²) in [4.78, 5) is 25.2. The van der Waals surface area contributed by atoms with Crippen LogP contribution in [0.2, 0.25) is 0 Å². The molecule has 10 heteroatoms. The topological polar surface area (TPSA) is 131 Å². The number of halogens is 2. The number of pyridine rings is 1. The van der Waals surface area contributed by atoms with Gasteiger partial charge in [0.2, 0.25) is 0 Å². The summed E-state index contributed by atoms with van der Waals surface area (Å²) < 4.78 is 34.5. The third kappa shape index (κ3) is 3.93. The standard InChI is InChI=1S/C24H22F2N4O4/c25-14-2-1-3-15(26)20(14)23-29-11-16(27)21(30-23)17(31)8-12-10-28-7-4-13(12)19-9-18(32)22(33)24(34-19)5-6-24/h1-4,7,10-11,18-19,22,32-33H,5-6,8-9,27H2/t18-,19-,22+/m0/s1. The number of nitrogen functional groups attached to an aromatic ring is 1. The Hall–Kier alpha value is -3.34. The van der Waals surface area contributed by atoms with Crippen LogP contribution in [0.5, 0.6) is 0 Å². The lowest BCUT2D eigenvalue weighted by atomic mass is 9.90. The highest BCUT2D eigenvalue weighted by Crippen LogP contribution is 2.52. The molecule has 3 aromatic rings. The van der Waals surface area contributed by atoms with Gasteiger partial charge in [0.15, 0.2) is 11.6 Å². The maximum Gasteiger partial charge on any atom is 0.187 e. The Labute approximate surface area is 193 Å². The predicted octanol–water partition coefficient (Wildman–Crippen LogP) is 2.54. The predicted molar refractivity (Wildman–Crippen MR) is 116 cm³/mol. The molecule has 3 heterocycles. The Morgan fingerprint density at radius 3 is 2.62 bits per heavy atom. The van der Waals surface area contributed by atoms with Gasteiger partial charge in [0.25, 0.3) is 0 Å². The van der Waals surface area contributed by atoms with Gasteiger partial charge < -0.3 is 20.7 Å². The smallest absolute Gasteiger partial charge is 0.187 e. The molecule has 2 aromatic heterocycles. The third-order valence-electron chi connectivity index (χ3n) is 6.39. The van der Waals surface area contributed by atoms with E-state index in [0.717, 1.165) is 18.3 Å². The van der Waals surface area contributed by atoms with Crippen LogP contribution in [-0.4, -0.2) is 48.8 Å². The summed E-state index contributed by atoms with van der Waals surface area (Å²) in [5.74, 6) is -2.50. The molecule has 0 radical (unpaired) electrons. The minimum absolute atomic E-state index is 0.0275. The number of aliphatic hydroxyl groups is 2. The first-order valence-corrected chi connectivity index (χ1v) is 10.9. The molecular weight excluding hydrogens is 446 g/mol. The van der Waals surface area contributed by atoms with Gasteiger partial charge in [-0.05, 0) is 42.2 Å². The fourth-order valence-electron chi connectivity index (χ4n) is 4.43. The molecule has 1 aliphatic heterocycles. The van der Waals surface area contributed by atoms with Crippen LogP contribution < -0.4 is 5.73 Å². The summed E-state index contributed by atoms with van der Waals surface area (Å²) >= 11 is 0. The van der Waals surface area contributed by atoms with Gasteiger partial charge in [-0.25, -0.2) is 18.7 Å². The summed E-state index contributed by atoms with van der Waals surface area (Å²) in [6.07, 6.45) is 3.09. The van der Waals surface area contributed by atoms with Crippen LogP contribution in [0.1, 0.15) is 47.0 Å². The lowest BCUT2D eigenvalue weighted by Gasteiger charge is -2.38. The highest BCUT2D eigenvalue weighted by atomic mass is 19.1. The van der Waals surface area contributed by atoms with Crippen LogP contribution in [0, 0.1) is 11.6 Å². The maximum atomic E-state index is 14.2. The number of carbonyl (C=O) groups is 1. The fraction of sp³-hybridized carbons (Fsp3) is 0.333. The Morgan fingerprint density at radius 1 is 1.18 bits per heavy atom. The van der Waals surface area contributed by atoms with Crippen LogP contribution in [-0.2, 0) is 11.2 Å². The average molecular weight is 468 g/mol. The van der Waals surface area contributed by atoms with E-state index in [2.05, 4.69) is 15.0 Å². The molecule has 5 rings (SSSR count). The molecule has 2 aliphatic rings. The second-order valence-electron chi connectivity index (χ2n) is 8.69. The van der Waals surface area contributed by atoms with Crippen LogP contribution in [0.4, 0.5) is 14.5 Å². The van der Waals surface area contributed by atoms with E-state index in [9.17, 15) is 23.8 Å². The highest BCUT2D eigenvalue weighted by Gasteiger charge is 2.57. The summed E-state index contributed by atoms with van der Waals surface area (Å²) in [5.41, 5.74) is 5.72. The largest absolute Gasteiger partial charge is 0.396 e. The quantitative estimate of drug-likeness (QED) is 0.487. The van der Waals surface area contributed by atoms with E-state index < -0.39 is 46.9 Å². The molecule has 1 aliphatic carbocycles. The number of anilines is 1. The van der Waals surface area contributed by atoms with Gasteiger partial charge in [-0.2, -0.15) is 0 Å². The molecular formula is C24H22F2N4O4. The molecule has 176 valence electrons. The molecule has 0 bridgehead atoms. The SMILES string of the molecule is Nc1cnc(-c2c(F)cccc2F)nc1C(=O)Cc1cnccc1[C@@H]1C[C@H](O)[C@@H](O)C2(CC2)O1. The first-order chi connectivity index (χ1) is 16.3. The average Bonchev–Trinajstić information content (AvgIpc) is 3.58. The van der Waals surface area contributed by atoms with Gasteiger partial charge in [0.1, 0.15) is 23.4 Å². The first kappa shape index (κ1) is 22.5. The Bertz CT molecular complexity index is 1250. The van der Waals surface area contributed by atoms with Crippen molar-refractivity contribution >= 4 is 11.5 Å². The van der Waals surface area contributed by atoms with Gasteiger partial charge in [-0.3, -0.25) is 9.78 Å². The summed E-state index contributed by atoms with van der Waals surface area (Å²) in [5, 5.41) is 20.6. The summed E-state index contributed by atoms with van der Waals surface area (Å²) in [6, 6.07) is 5.07. The van der Waals surface area contributed by atoms with Crippen molar-refractivity contribution < 1.29 is 28.5 Å². The second-order valence-corrected chi connectivity index (χ2v) is 8.69. The van der Waals surface area contributed by atoms with E-state index in [0.29, 0.717) is 24.0 Å². The lowest BCUT2D eigenvalue weighted by Crippen LogP contribution is -2.47. The minimum atomic E-state index is -0.950. The number of aromatic nitrogens is 3. The molecule has 34 heavy (non-hydrogen) atoms. The van der Waals surface area contributed by atoms with Crippen molar-refractivity contribution in [1.82, 2.24) is 15.0 Å². The highest BCUT2D eigenvalue weighted by molar-refractivity contribution is 6.00. The van der Waals surface area contributed by atoms with Crippen molar-refractivity contribution in [1.29, 1.82) is 0 Å². The zero-order chi connectivity index (χ0) is 24.0. The van der Waals surface area contributed by atoms with Gasteiger partial charge in [0.05, 0.1) is 35.3 Å². The number of rotatable bonds is 5. The number of Topliss-reactive ketones (excluding diaryl/α,β-unsaturated/α-hetero) is 1. The molecule has 1 saturated heterocycles. The van der Waals surface area contributed by atoms with Crippen molar-refractivity contribution in [2.24, 2.45) is 0 Å². The Morgan fingerprint density at radius 2 is 1.91 bits per heavy atom. The van der Waals surface area contributed by atoms with Gasteiger partial charge >= 0.3 is 0 Å². The van der Waals surface area contributed by atoms with Crippen LogP contribution in [0.25, 0.3) is 11.4 Å². The van der Waals surface area contributed by atoms with E-state index in [4.69, 9.17) is 10.5 Å². The summed E-state index contributed by atoms with van der Waals surface area (Å²) in [6.45, 7) is 0. The number of nitrogens with zero attached hydrogens (tertiary/aromatic N) is 3. The van der Waals surface area contributed by atoms with Crippen molar-refractivity contribution in [2.75, 3.05) is 5.73 Å². The molecule has 2 fully saturated rings. The normalized spacial score (nSPS) is 23.1. The zero-order valence-electron chi connectivity index (χ0n) is 18.0. The van der Waals surface area contributed by atoms with E-state index in [1.165, 1.54) is 12.3 Å². The Balaban J connectivity index is 1.44. The van der Waals surface area contributed by atoms with E-state index in [-0.39, 0.29) is 30.0 Å². The van der Waals surface area contributed by atoms with Crippen LogP contribution in [0.15, 0.2) is 42.9 Å². The lowest BCUT2D eigenvalue weighted by molar-refractivity contribution is -0.185. The number of hydrogen-bond donors (Lipinski definition) is 3. The molecule has 1 saturated carbocycles. The van der Waals surface area contributed by atoms with Gasteiger partial charge in [0, 0.05) is 25.2 Å². The Kier molecular flexibility index (Phi) is 5.59. The number of hydrogen-bond acceptors (Lipinski definition) is 8. The molecule has 0 amide bonds. The number of carbonyl (C=O) groups excluding carboxylic acids is 1. The van der Waals surface area contributed by atoms with Gasteiger partial charge in [-0.1, -0.05) is 6.07 Å². The minimum Gasteiger partial charge on any atom is -0.396 e. The van der Waals surface area contributed by atoms with Crippen molar-refractivity contribution in [2.45, 2.75) is 49.6 Å². The van der Waals surface area contributed by atoms with Crippen molar-refractivity contribution in [3.63, 3.8) is 0 Å². The molecule has 1 aromatic carbocycles. The van der Waals surface area contributed by atoms with E-state index in [1.807, 2.05) is 0 Å². The van der Waals surface area contributed by atoms with Crippen molar-refractivity contribution in [3.05, 3.63) is 71.3 Å². The second kappa shape index (κ2) is 8.46. The zero-order valence-corrected chi connectivity index (χ0v) is 18.0. The first-order valence-electron chi connectivity index (χ1n) is 10.9. The van der Waals surface area contributed by atoms with Gasteiger partial charge in [-0.15, -0.1) is 0 Å². The van der Waals surface area contributed by atoms with Crippen LogP contribution >= 0.6 is 0 Å². The number of nitrogens with two attached hydrogens (primary N) is 1. The van der Waals surface area contributed by atoms with Crippen LogP contribution in [0.3, 0.4) is 0 Å². The van der Waals surface area contributed by atoms with Crippen molar-refractivity contribution in [3.8, 4) is 11.4 Å². The number of ether oxygens (including phenoxy) is 1. The number of aliphatic hydroxyl groups excluding tert-OH is 2. The fourth-order valence-corrected chi connectivity index (χ4v) is 4.43. The summed E-state index contributed by atoms with van der Waals surface area (Å²) in [7, 11) is 0. The molecule has 4 N–H and O–H groups in total.